The highest BCUT2D eigenvalue weighted by Gasteiger charge is 2.26. The number of nitrogens with one attached hydrogen (secondary N) is 1. The van der Waals surface area contributed by atoms with E-state index in [0.29, 0.717) is 36.9 Å². The summed E-state index contributed by atoms with van der Waals surface area (Å²) in [6, 6.07) is 11.1. The van der Waals surface area contributed by atoms with Gasteiger partial charge in [-0.25, -0.2) is 0 Å². The lowest BCUT2D eigenvalue weighted by atomic mass is 9.96. The van der Waals surface area contributed by atoms with Gasteiger partial charge in [0.1, 0.15) is 11.3 Å². The number of anilines is 1. The number of nitro benzene ring substituents is 1. The van der Waals surface area contributed by atoms with Crippen LogP contribution in [0.2, 0.25) is 5.02 Å². The zero-order valence-corrected chi connectivity index (χ0v) is 16.7. The number of halogens is 1. The van der Waals surface area contributed by atoms with Gasteiger partial charge in [0, 0.05) is 36.3 Å². The summed E-state index contributed by atoms with van der Waals surface area (Å²) in [6.07, 6.45) is 0. The predicted molar refractivity (Wildman–Crippen MR) is 109 cm³/mol. The molecule has 1 unspecified atom stereocenters. The first-order valence-corrected chi connectivity index (χ1v) is 9.53. The standard InChI is InChI=1S/C20H22ClN3O5/c1-20(26,15-3-2-4-16(21)12-15)13-22-17-6-5-14(11-18(17)24(27)28)19(25)23-7-9-29-10-8-23/h2-6,11-12,22,26H,7-10,13H2,1H3. The third-order valence-electron chi connectivity index (χ3n) is 4.81. The van der Waals surface area contributed by atoms with E-state index in [-0.39, 0.29) is 29.4 Å². The largest absolute Gasteiger partial charge is 0.384 e. The molecule has 1 atom stereocenters. The summed E-state index contributed by atoms with van der Waals surface area (Å²) in [5.74, 6) is -0.270. The molecule has 1 amide bonds. The Morgan fingerprint density at radius 3 is 2.69 bits per heavy atom. The van der Waals surface area contributed by atoms with Crippen LogP contribution in [-0.2, 0) is 10.3 Å². The van der Waals surface area contributed by atoms with Gasteiger partial charge in [-0.1, -0.05) is 23.7 Å². The maximum atomic E-state index is 12.6. The number of rotatable bonds is 6. The van der Waals surface area contributed by atoms with Gasteiger partial charge in [0.2, 0.25) is 0 Å². The molecule has 0 radical (unpaired) electrons. The van der Waals surface area contributed by atoms with Crippen molar-refractivity contribution in [2.45, 2.75) is 12.5 Å². The van der Waals surface area contributed by atoms with E-state index in [1.54, 1.807) is 42.2 Å². The summed E-state index contributed by atoms with van der Waals surface area (Å²) in [5.41, 5.74) is -0.493. The van der Waals surface area contributed by atoms with E-state index in [2.05, 4.69) is 5.32 Å². The molecule has 9 heteroatoms. The third kappa shape index (κ3) is 5.03. The number of carbonyl (C=O) groups excluding carboxylic acids is 1. The van der Waals surface area contributed by atoms with Crippen molar-refractivity contribution in [3.05, 3.63) is 68.7 Å². The number of nitro groups is 1. The second-order valence-electron chi connectivity index (χ2n) is 7.03. The van der Waals surface area contributed by atoms with Gasteiger partial charge in [-0.15, -0.1) is 0 Å². The van der Waals surface area contributed by atoms with Crippen LogP contribution < -0.4 is 5.32 Å². The summed E-state index contributed by atoms with van der Waals surface area (Å²) in [7, 11) is 0. The van der Waals surface area contributed by atoms with Crippen molar-refractivity contribution in [1.82, 2.24) is 4.90 Å². The van der Waals surface area contributed by atoms with E-state index >= 15 is 0 Å². The normalized spacial score (nSPS) is 16.2. The van der Waals surface area contributed by atoms with Crippen LogP contribution in [0.5, 0.6) is 0 Å². The van der Waals surface area contributed by atoms with E-state index in [1.165, 1.54) is 12.1 Å². The monoisotopic (exact) mass is 419 g/mol. The number of hydrogen-bond acceptors (Lipinski definition) is 6. The van der Waals surface area contributed by atoms with Crippen LogP contribution in [0.3, 0.4) is 0 Å². The number of amides is 1. The van der Waals surface area contributed by atoms with Gasteiger partial charge >= 0.3 is 0 Å². The van der Waals surface area contributed by atoms with Crippen molar-refractivity contribution in [3.63, 3.8) is 0 Å². The number of ether oxygens (including phenoxy) is 1. The van der Waals surface area contributed by atoms with Crippen LogP contribution in [0.15, 0.2) is 42.5 Å². The van der Waals surface area contributed by atoms with Gasteiger partial charge in [0.15, 0.2) is 0 Å². The summed E-state index contributed by atoms with van der Waals surface area (Å²) < 4.78 is 5.23. The van der Waals surface area contributed by atoms with Gasteiger partial charge in [-0.05, 0) is 36.8 Å². The first kappa shape index (κ1) is 21.0. The molecule has 154 valence electrons. The van der Waals surface area contributed by atoms with Crippen molar-refractivity contribution < 1.29 is 19.6 Å². The van der Waals surface area contributed by atoms with Crippen molar-refractivity contribution in [3.8, 4) is 0 Å². The maximum absolute atomic E-state index is 12.6. The van der Waals surface area contributed by atoms with E-state index < -0.39 is 10.5 Å². The summed E-state index contributed by atoms with van der Waals surface area (Å²) >= 11 is 5.98. The van der Waals surface area contributed by atoms with Crippen LogP contribution in [0.1, 0.15) is 22.8 Å². The van der Waals surface area contributed by atoms with Crippen LogP contribution in [0.25, 0.3) is 0 Å². The molecule has 0 spiro atoms. The number of hydrogen-bond donors (Lipinski definition) is 2. The van der Waals surface area contributed by atoms with E-state index in [0.717, 1.165) is 0 Å². The Morgan fingerprint density at radius 2 is 2.03 bits per heavy atom. The fourth-order valence-electron chi connectivity index (χ4n) is 3.11. The Balaban J connectivity index is 1.78. The topological polar surface area (TPSA) is 105 Å². The number of morpholine rings is 1. The molecule has 0 bridgehead atoms. The lowest BCUT2D eigenvalue weighted by Crippen LogP contribution is -2.40. The van der Waals surface area contributed by atoms with Crippen LogP contribution >= 0.6 is 11.6 Å². The van der Waals surface area contributed by atoms with Gasteiger partial charge in [0.25, 0.3) is 11.6 Å². The molecule has 3 rings (SSSR count). The van der Waals surface area contributed by atoms with Gasteiger partial charge < -0.3 is 20.1 Å². The Labute approximate surface area is 173 Å². The molecular formula is C20H22ClN3O5. The molecule has 0 aliphatic carbocycles. The molecule has 8 nitrogen and oxygen atoms in total. The molecule has 1 aliphatic rings. The lowest BCUT2D eigenvalue weighted by molar-refractivity contribution is -0.384. The summed E-state index contributed by atoms with van der Waals surface area (Å²) in [4.78, 5) is 25.2. The van der Waals surface area contributed by atoms with E-state index in [4.69, 9.17) is 16.3 Å². The molecule has 1 saturated heterocycles. The number of benzene rings is 2. The summed E-state index contributed by atoms with van der Waals surface area (Å²) in [6.45, 7) is 3.42. The highest BCUT2D eigenvalue weighted by atomic mass is 35.5. The zero-order chi connectivity index (χ0) is 21.0. The Morgan fingerprint density at radius 1 is 1.31 bits per heavy atom. The minimum atomic E-state index is -1.30. The Bertz CT molecular complexity index is 913. The fourth-order valence-corrected chi connectivity index (χ4v) is 3.30. The Kier molecular flexibility index (Phi) is 6.36. The lowest BCUT2D eigenvalue weighted by Gasteiger charge is -2.27. The number of nitrogens with zero attached hydrogens (tertiary/aromatic N) is 2. The minimum Gasteiger partial charge on any atom is -0.384 e. The second kappa shape index (κ2) is 8.77. The first-order chi connectivity index (χ1) is 13.8. The molecule has 2 aromatic carbocycles. The highest BCUT2D eigenvalue weighted by Crippen LogP contribution is 2.29. The van der Waals surface area contributed by atoms with Crippen LogP contribution in [0.4, 0.5) is 11.4 Å². The quantitative estimate of drug-likeness (QED) is 0.550. The maximum Gasteiger partial charge on any atom is 0.293 e. The van der Waals surface area contributed by atoms with E-state index in [1.807, 2.05) is 0 Å². The molecule has 2 aromatic rings. The molecule has 0 aromatic heterocycles. The minimum absolute atomic E-state index is 0.0188. The molecule has 1 heterocycles. The predicted octanol–water partition coefficient (Wildman–Crippen LogP) is 3.04. The van der Waals surface area contributed by atoms with Crippen molar-refractivity contribution in [1.29, 1.82) is 0 Å². The molecule has 1 fully saturated rings. The molecule has 0 saturated carbocycles. The highest BCUT2D eigenvalue weighted by molar-refractivity contribution is 6.30. The van der Waals surface area contributed by atoms with E-state index in [9.17, 15) is 20.0 Å². The van der Waals surface area contributed by atoms with Crippen molar-refractivity contribution in [2.24, 2.45) is 0 Å². The molecule has 1 aliphatic heterocycles. The number of carbonyl (C=O) groups is 1. The average molecular weight is 420 g/mol. The molecule has 2 N–H and O–H groups in total. The first-order valence-electron chi connectivity index (χ1n) is 9.16. The average Bonchev–Trinajstić information content (AvgIpc) is 2.72. The van der Waals surface area contributed by atoms with Crippen LogP contribution in [0, 0.1) is 10.1 Å². The SMILES string of the molecule is CC(O)(CNc1ccc(C(=O)N2CCOCC2)cc1[N+](=O)[O-])c1cccc(Cl)c1. The molecular weight excluding hydrogens is 398 g/mol. The number of aliphatic hydroxyl groups is 1. The third-order valence-corrected chi connectivity index (χ3v) is 5.04. The zero-order valence-electron chi connectivity index (χ0n) is 15.9. The smallest absolute Gasteiger partial charge is 0.293 e. The van der Waals surface area contributed by atoms with Crippen molar-refractivity contribution in [2.75, 3.05) is 38.2 Å². The van der Waals surface area contributed by atoms with Gasteiger partial charge in [-0.3, -0.25) is 14.9 Å². The van der Waals surface area contributed by atoms with Crippen molar-refractivity contribution >= 4 is 28.9 Å². The van der Waals surface area contributed by atoms with Gasteiger partial charge in [-0.2, -0.15) is 0 Å². The second-order valence-corrected chi connectivity index (χ2v) is 7.47. The Hall–Kier alpha value is -2.68. The summed E-state index contributed by atoms with van der Waals surface area (Å²) in [5, 5.41) is 25.7. The fraction of sp³-hybridized carbons (Fsp3) is 0.350. The molecule has 29 heavy (non-hydrogen) atoms. The van der Waals surface area contributed by atoms with Gasteiger partial charge in [0.05, 0.1) is 18.1 Å². The van der Waals surface area contributed by atoms with Crippen LogP contribution in [-0.4, -0.2) is 53.7 Å².